The van der Waals surface area contributed by atoms with Gasteiger partial charge in [-0.25, -0.2) is 14.4 Å². The van der Waals surface area contributed by atoms with Gasteiger partial charge < -0.3 is 0 Å². The maximum atomic E-state index is 13.0. The molecule has 0 aliphatic heterocycles. The Morgan fingerprint density at radius 3 is 2.50 bits per heavy atom. The van der Waals surface area contributed by atoms with E-state index in [9.17, 15) is 4.39 Å². The molecule has 5 heteroatoms. The summed E-state index contributed by atoms with van der Waals surface area (Å²) in [5.74, 6) is 0.102. The largest absolute Gasteiger partial charge is 0.233 e. The summed E-state index contributed by atoms with van der Waals surface area (Å²) >= 11 is 11.5. The van der Waals surface area contributed by atoms with Crippen LogP contribution in [0.1, 0.15) is 5.82 Å². The van der Waals surface area contributed by atoms with Crippen LogP contribution in [0.3, 0.4) is 0 Å². The SMILES string of the molecule is Cc1nc(Cl)cc(-c2ccc(F)c(Cl)c2)n1. The van der Waals surface area contributed by atoms with Crippen molar-refractivity contribution in [2.24, 2.45) is 0 Å². The zero-order valence-electron chi connectivity index (χ0n) is 8.34. The summed E-state index contributed by atoms with van der Waals surface area (Å²) < 4.78 is 13.0. The van der Waals surface area contributed by atoms with Crippen LogP contribution < -0.4 is 0 Å². The Morgan fingerprint density at radius 2 is 1.88 bits per heavy atom. The molecule has 0 bridgehead atoms. The molecular weight excluding hydrogens is 250 g/mol. The molecule has 0 saturated heterocycles. The van der Waals surface area contributed by atoms with E-state index in [4.69, 9.17) is 23.2 Å². The molecule has 1 aromatic heterocycles. The number of hydrogen-bond donors (Lipinski definition) is 0. The minimum absolute atomic E-state index is 0.0601. The molecule has 0 unspecified atom stereocenters. The molecule has 0 N–H and O–H groups in total. The van der Waals surface area contributed by atoms with Crippen LogP contribution in [0.2, 0.25) is 10.2 Å². The smallest absolute Gasteiger partial charge is 0.141 e. The van der Waals surface area contributed by atoms with E-state index in [0.717, 1.165) is 0 Å². The maximum absolute atomic E-state index is 13.0. The monoisotopic (exact) mass is 256 g/mol. The molecule has 2 aromatic rings. The average molecular weight is 257 g/mol. The second kappa shape index (κ2) is 4.36. The molecule has 1 heterocycles. The third kappa shape index (κ3) is 2.31. The molecular formula is C11H7Cl2FN2. The molecule has 0 radical (unpaired) electrons. The Kier molecular flexibility index (Phi) is 3.08. The van der Waals surface area contributed by atoms with E-state index in [1.54, 1.807) is 19.1 Å². The molecule has 0 saturated carbocycles. The molecule has 1 aromatic carbocycles. The first kappa shape index (κ1) is 11.3. The van der Waals surface area contributed by atoms with E-state index in [2.05, 4.69) is 9.97 Å². The van der Waals surface area contributed by atoms with Gasteiger partial charge in [0, 0.05) is 11.6 Å². The van der Waals surface area contributed by atoms with Crippen molar-refractivity contribution in [2.45, 2.75) is 6.92 Å². The molecule has 0 fully saturated rings. The van der Waals surface area contributed by atoms with E-state index >= 15 is 0 Å². The Hall–Kier alpha value is -1.19. The third-order valence-electron chi connectivity index (χ3n) is 2.02. The van der Waals surface area contributed by atoms with Gasteiger partial charge >= 0.3 is 0 Å². The van der Waals surface area contributed by atoms with Gasteiger partial charge in [0.2, 0.25) is 0 Å². The van der Waals surface area contributed by atoms with Crippen LogP contribution in [0.4, 0.5) is 4.39 Å². The first-order chi connectivity index (χ1) is 7.56. The molecule has 0 atom stereocenters. The molecule has 82 valence electrons. The highest BCUT2D eigenvalue weighted by molar-refractivity contribution is 6.31. The quantitative estimate of drug-likeness (QED) is 0.724. The number of aryl methyl sites for hydroxylation is 1. The van der Waals surface area contributed by atoms with Crippen LogP contribution in [0.5, 0.6) is 0 Å². The molecule has 0 amide bonds. The average Bonchev–Trinajstić information content (AvgIpc) is 2.20. The van der Waals surface area contributed by atoms with Crippen LogP contribution in [-0.2, 0) is 0 Å². The van der Waals surface area contributed by atoms with Crippen LogP contribution in [0, 0.1) is 12.7 Å². The normalized spacial score (nSPS) is 10.5. The number of rotatable bonds is 1. The van der Waals surface area contributed by atoms with Gasteiger partial charge in [0.25, 0.3) is 0 Å². The van der Waals surface area contributed by atoms with Crippen molar-refractivity contribution in [2.75, 3.05) is 0 Å². The van der Waals surface area contributed by atoms with Crippen molar-refractivity contribution in [3.63, 3.8) is 0 Å². The first-order valence-corrected chi connectivity index (χ1v) is 5.28. The summed E-state index contributed by atoms with van der Waals surface area (Å²) in [7, 11) is 0. The maximum Gasteiger partial charge on any atom is 0.141 e. The van der Waals surface area contributed by atoms with E-state index < -0.39 is 5.82 Å². The Labute approximate surface area is 102 Å². The number of aromatic nitrogens is 2. The van der Waals surface area contributed by atoms with Gasteiger partial charge in [-0.2, -0.15) is 0 Å². The highest BCUT2D eigenvalue weighted by Crippen LogP contribution is 2.24. The van der Waals surface area contributed by atoms with Gasteiger partial charge in [0.05, 0.1) is 10.7 Å². The summed E-state index contributed by atoms with van der Waals surface area (Å²) in [6.07, 6.45) is 0. The van der Waals surface area contributed by atoms with Crippen molar-refractivity contribution >= 4 is 23.2 Å². The van der Waals surface area contributed by atoms with Crippen LogP contribution in [0.25, 0.3) is 11.3 Å². The van der Waals surface area contributed by atoms with Crippen molar-refractivity contribution in [1.82, 2.24) is 9.97 Å². The van der Waals surface area contributed by atoms with Gasteiger partial charge in [0.1, 0.15) is 16.8 Å². The fourth-order valence-electron chi connectivity index (χ4n) is 1.33. The van der Waals surface area contributed by atoms with Gasteiger partial charge in [-0.05, 0) is 25.1 Å². The lowest BCUT2D eigenvalue weighted by molar-refractivity contribution is 0.628. The van der Waals surface area contributed by atoms with E-state index in [1.807, 2.05) is 0 Å². The summed E-state index contributed by atoms with van der Waals surface area (Å²) in [6.45, 7) is 1.74. The minimum Gasteiger partial charge on any atom is -0.233 e. The van der Waals surface area contributed by atoms with Crippen LogP contribution in [-0.4, -0.2) is 9.97 Å². The molecule has 2 rings (SSSR count). The lowest BCUT2D eigenvalue weighted by Gasteiger charge is -2.03. The second-order valence-electron chi connectivity index (χ2n) is 3.25. The Bertz CT molecular complexity index is 523. The van der Waals surface area contributed by atoms with Gasteiger partial charge in [-0.3, -0.25) is 0 Å². The summed E-state index contributed by atoms with van der Waals surface area (Å²) in [5.41, 5.74) is 1.33. The predicted molar refractivity (Wildman–Crippen MR) is 62.2 cm³/mol. The molecule has 16 heavy (non-hydrogen) atoms. The fraction of sp³-hybridized carbons (Fsp3) is 0.0909. The lowest BCUT2D eigenvalue weighted by atomic mass is 10.1. The summed E-state index contributed by atoms with van der Waals surface area (Å²) in [5, 5.41) is 0.410. The topological polar surface area (TPSA) is 25.8 Å². The zero-order valence-corrected chi connectivity index (χ0v) is 9.85. The van der Waals surface area contributed by atoms with Crippen molar-refractivity contribution in [1.29, 1.82) is 0 Å². The lowest BCUT2D eigenvalue weighted by Crippen LogP contribution is -1.92. The van der Waals surface area contributed by atoms with Crippen molar-refractivity contribution in [3.05, 3.63) is 46.1 Å². The minimum atomic E-state index is -0.456. The van der Waals surface area contributed by atoms with E-state index in [1.165, 1.54) is 12.1 Å². The molecule has 0 aliphatic carbocycles. The number of hydrogen-bond acceptors (Lipinski definition) is 2. The number of nitrogens with zero attached hydrogens (tertiary/aromatic N) is 2. The number of halogens is 3. The highest BCUT2D eigenvalue weighted by Gasteiger charge is 2.06. The molecule has 0 spiro atoms. The fourth-order valence-corrected chi connectivity index (χ4v) is 1.74. The third-order valence-corrected chi connectivity index (χ3v) is 2.51. The van der Waals surface area contributed by atoms with Crippen LogP contribution in [0.15, 0.2) is 24.3 Å². The highest BCUT2D eigenvalue weighted by atomic mass is 35.5. The molecule has 0 aliphatic rings. The summed E-state index contributed by atoms with van der Waals surface area (Å²) in [4.78, 5) is 8.15. The Morgan fingerprint density at radius 1 is 1.12 bits per heavy atom. The van der Waals surface area contributed by atoms with Gasteiger partial charge in [0.15, 0.2) is 0 Å². The van der Waals surface area contributed by atoms with Crippen molar-refractivity contribution in [3.8, 4) is 11.3 Å². The second-order valence-corrected chi connectivity index (χ2v) is 4.05. The van der Waals surface area contributed by atoms with E-state index in [0.29, 0.717) is 22.2 Å². The van der Waals surface area contributed by atoms with Crippen LogP contribution >= 0.6 is 23.2 Å². The number of benzene rings is 1. The standard InChI is InChI=1S/C11H7Cl2FN2/c1-6-15-10(5-11(13)16-6)7-2-3-9(14)8(12)4-7/h2-5H,1H3. The molecule has 2 nitrogen and oxygen atoms in total. The van der Waals surface area contributed by atoms with E-state index in [-0.39, 0.29) is 5.02 Å². The summed E-state index contributed by atoms with van der Waals surface area (Å²) in [6, 6.07) is 6.01. The van der Waals surface area contributed by atoms with Gasteiger partial charge in [-0.15, -0.1) is 0 Å². The first-order valence-electron chi connectivity index (χ1n) is 4.53. The van der Waals surface area contributed by atoms with Crippen molar-refractivity contribution < 1.29 is 4.39 Å². The zero-order chi connectivity index (χ0) is 11.7. The Balaban J connectivity index is 2.54. The predicted octanol–water partition coefficient (Wildman–Crippen LogP) is 3.90. The van der Waals surface area contributed by atoms with Gasteiger partial charge in [-0.1, -0.05) is 23.2 Å².